The first-order chi connectivity index (χ1) is 17.2. The van der Waals surface area contributed by atoms with Gasteiger partial charge in [0.1, 0.15) is 17.2 Å². The van der Waals surface area contributed by atoms with Crippen molar-refractivity contribution in [2.45, 2.75) is 51.8 Å². The third-order valence-corrected chi connectivity index (χ3v) is 6.45. The molecule has 0 radical (unpaired) electrons. The number of carbonyl (C=O) groups excluding carboxylic acids is 4. The van der Waals surface area contributed by atoms with E-state index in [4.69, 9.17) is 9.47 Å². The summed E-state index contributed by atoms with van der Waals surface area (Å²) in [6.45, 7) is 5.93. The largest absolute Gasteiger partial charge is 0.494 e. The second-order valence-electron chi connectivity index (χ2n) is 8.87. The zero-order valence-electron chi connectivity index (χ0n) is 20.6. The smallest absolute Gasteiger partial charge is 0.279 e. The van der Waals surface area contributed by atoms with Crippen LogP contribution in [0, 0.1) is 0 Å². The van der Waals surface area contributed by atoms with Gasteiger partial charge in [-0.15, -0.1) is 0 Å². The number of hydrazine groups is 1. The summed E-state index contributed by atoms with van der Waals surface area (Å²) in [5.41, 5.74) is 4.92. The number of fused-ring (bicyclic) bond motifs is 3. The molecule has 2 atom stereocenters. The highest BCUT2D eigenvalue weighted by molar-refractivity contribution is 6.10. The van der Waals surface area contributed by atoms with E-state index in [0.717, 1.165) is 0 Å². The number of nitrogens with zero attached hydrogens (tertiary/aromatic N) is 2. The van der Waals surface area contributed by atoms with Crippen LogP contribution in [0.25, 0.3) is 0 Å². The predicted octanol–water partition coefficient (Wildman–Crippen LogP) is 2.39. The average Bonchev–Trinajstić information content (AvgIpc) is 3.18. The van der Waals surface area contributed by atoms with Crippen LogP contribution in [-0.4, -0.2) is 53.4 Å². The van der Waals surface area contributed by atoms with Gasteiger partial charge in [0.2, 0.25) is 11.8 Å². The maximum Gasteiger partial charge on any atom is 0.279 e. The molecule has 1 fully saturated rings. The fraction of sp³-hybridized carbons (Fsp3) is 0.385. The molecule has 2 N–H and O–H groups in total. The molecule has 0 bridgehead atoms. The maximum absolute atomic E-state index is 13.2. The minimum Gasteiger partial charge on any atom is -0.494 e. The minimum absolute atomic E-state index is 0.0549. The van der Waals surface area contributed by atoms with Crippen molar-refractivity contribution in [1.82, 2.24) is 15.8 Å². The first-order valence-electron chi connectivity index (χ1n) is 12.0. The molecule has 2 unspecified atom stereocenters. The summed E-state index contributed by atoms with van der Waals surface area (Å²) in [5, 5.41) is 0. The summed E-state index contributed by atoms with van der Waals surface area (Å²) in [5.74, 6) is -0.0968. The molecule has 190 valence electrons. The van der Waals surface area contributed by atoms with E-state index in [2.05, 4.69) is 10.9 Å². The first kappa shape index (κ1) is 25.0. The molecule has 2 aliphatic rings. The molecule has 0 saturated carbocycles. The van der Waals surface area contributed by atoms with Crippen molar-refractivity contribution in [3.8, 4) is 11.5 Å². The molecular formula is C26H30N4O6. The van der Waals surface area contributed by atoms with Crippen molar-refractivity contribution in [3.63, 3.8) is 0 Å². The van der Waals surface area contributed by atoms with Crippen LogP contribution in [0.3, 0.4) is 0 Å². The van der Waals surface area contributed by atoms with E-state index < -0.39 is 23.6 Å². The Bertz CT molecular complexity index is 1170. The van der Waals surface area contributed by atoms with Crippen molar-refractivity contribution in [1.29, 1.82) is 0 Å². The van der Waals surface area contributed by atoms with Crippen LogP contribution in [0.5, 0.6) is 11.5 Å². The van der Waals surface area contributed by atoms with E-state index in [1.807, 2.05) is 13.8 Å². The molecule has 0 spiro atoms. The minimum atomic E-state index is -0.861. The lowest BCUT2D eigenvalue weighted by Gasteiger charge is -2.48. The molecule has 2 aromatic rings. The molecule has 36 heavy (non-hydrogen) atoms. The molecule has 4 rings (SSSR count). The van der Waals surface area contributed by atoms with E-state index >= 15 is 0 Å². The number of anilines is 1. The van der Waals surface area contributed by atoms with Crippen LogP contribution in [0.15, 0.2) is 48.5 Å². The molecule has 4 amide bonds. The Labute approximate surface area is 209 Å². The van der Waals surface area contributed by atoms with Gasteiger partial charge in [0.25, 0.3) is 11.8 Å². The van der Waals surface area contributed by atoms with Crippen molar-refractivity contribution < 1.29 is 28.7 Å². The molecule has 2 aliphatic heterocycles. The Morgan fingerprint density at radius 3 is 2.47 bits per heavy atom. The van der Waals surface area contributed by atoms with Crippen LogP contribution in [-0.2, 0) is 14.4 Å². The average molecular weight is 495 g/mol. The summed E-state index contributed by atoms with van der Waals surface area (Å²) in [7, 11) is 0. The van der Waals surface area contributed by atoms with E-state index in [-0.39, 0.29) is 24.8 Å². The molecule has 10 nitrogen and oxygen atoms in total. The third kappa shape index (κ3) is 4.84. The number of carbonyl (C=O) groups is 4. The molecule has 0 aliphatic carbocycles. The Hall–Kier alpha value is -4.08. The van der Waals surface area contributed by atoms with Crippen LogP contribution in [0.1, 0.15) is 50.4 Å². The van der Waals surface area contributed by atoms with Gasteiger partial charge in [0, 0.05) is 19.4 Å². The lowest BCUT2D eigenvalue weighted by atomic mass is 9.98. The zero-order chi connectivity index (χ0) is 25.9. The van der Waals surface area contributed by atoms with Gasteiger partial charge >= 0.3 is 0 Å². The number of para-hydroxylation sites is 1. The Kier molecular flexibility index (Phi) is 7.14. The Balaban J connectivity index is 1.31. The lowest BCUT2D eigenvalue weighted by molar-refractivity contribution is -0.132. The van der Waals surface area contributed by atoms with Gasteiger partial charge in [-0.05, 0) is 63.6 Å². The topological polar surface area (TPSA) is 117 Å². The van der Waals surface area contributed by atoms with Crippen molar-refractivity contribution >= 4 is 29.3 Å². The van der Waals surface area contributed by atoms with Crippen LogP contribution in [0.4, 0.5) is 5.69 Å². The zero-order valence-corrected chi connectivity index (χ0v) is 20.6. The fourth-order valence-electron chi connectivity index (χ4n) is 4.59. The molecule has 2 heterocycles. The quantitative estimate of drug-likeness (QED) is 0.545. The number of hydrogen-bond acceptors (Lipinski definition) is 6. The van der Waals surface area contributed by atoms with Gasteiger partial charge in [0.15, 0.2) is 6.10 Å². The molecular weight excluding hydrogens is 464 g/mol. The summed E-state index contributed by atoms with van der Waals surface area (Å²) in [6.07, 6.45) is -0.117. The van der Waals surface area contributed by atoms with E-state index in [1.165, 1.54) is 0 Å². The SMILES string of the molecule is CCOc1ccc(OC(C)C(=O)NNC(=O)CCN2C(=O)c3ccccc3N3C(=O)CCC23C)cc1. The summed E-state index contributed by atoms with van der Waals surface area (Å²) in [4.78, 5) is 53.9. The standard InChI is InChI=1S/C26H30N4O6/c1-4-35-18-9-11-19(12-10-18)36-17(2)24(33)28-27-22(31)14-16-29-25(34)20-7-5-6-8-21(20)30-23(32)13-15-26(29,30)3/h5-12,17H,4,13-16H2,1-3H3,(H,27,31)(H,28,33). The second-order valence-corrected chi connectivity index (χ2v) is 8.87. The summed E-state index contributed by atoms with van der Waals surface area (Å²) >= 11 is 0. The maximum atomic E-state index is 13.2. The van der Waals surface area contributed by atoms with Gasteiger partial charge in [-0.1, -0.05) is 12.1 Å². The highest BCUT2D eigenvalue weighted by atomic mass is 16.5. The molecule has 0 aromatic heterocycles. The van der Waals surface area contributed by atoms with Gasteiger partial charge in [0.05, 0.1) is 17.9 Å². The van der Waals surface area contributed by atoms with Crippen LogP contribution >= 0.6 is 0 Å². The lowest BCUT2D eigenvalue weighted by Crippen LogP contribution is -2.62. The molecule has 10 heteroatoms. The third-order valence-electron chi connectivity index (χ3n) is 6.45. The van der Waals surface area contributed by atoms with Crippen molar-refractivity contribution in [2.24, 2.45) is 0 Å². The van der Waals surface area contributed by atoms with Crippen LogP contribution < -0.4 is 25.2 Å². The predicted molar refractivity (Wildman–Crippen MR) is 131 cm³/mol. The highest BCUT2D eigenvalue weighted by Gasteiger charge is 2.52. The first-order valence-corrected chi connectivity index (χ1v) is 12.0. The number of rotatable bonds is 8. The summed E-state index contributed by atoms with van der Waals surface area (Å²) < 4.78 is 11.0. The fourth-order valence-corrected chi connectivity index (χ4v) is 4.59. The van der Waals surface area contributed by atoms with E-state index in [1.54, 1.807) is 65.3 Å². The monoisotopic (exact) mass is 494 g/mol. The highest BCUT2D eigenvalue weighted by Crippen LogP contribution is 2.43. The van der Waals surface area contributed by atoms with Crippen LogP contribution in [0.2, 0.25) is 0 Å². The van der Waals surface area contributed by atoms with E-state index in [9.17, 15) is 19.2 Å². The Morgan fingerprint density at radius 2 is 1.75 bits per heavy atom. The number of nitrogens with one attached hydrogen (secondary N) is 2. The number of hydrogen-bond donors (Lipinski definition) is 2. The Morgan fingerprint density at radius 1 is 1.06 bits per heavy atom. The molecule has 1 saturated heterocycles. The van der Waals surface area contributed by atoms with Gasteiger partial charge < -0.3 is 14.4 Å². The summed E-state index contributed by atoms with van der Waals surface area (Å²) in [6, 6.07) is 13.9. The number of benzene rings is 2. The van der Waals surface area contributed by atoms with Crippen molar-refractivity contribution in [3.05, 3.63) is 54.1 Å². The van der Waals surface area contributed by atoms with Gasteiger partial charge in [-0.3, -0.25) is 34.9 Å². The van der Waals surface area contributed by atoms with E-state index in [0.29, 0.717) is 42.2 Å². The van der Waals surface area contributed by atoms with Gasteiger partial charge in [-0.25, -0.2) is 0 Å². The van der Waals surface area contributed by atoms with Gasteiger partial charge in [-0.2, -0.15) is 0 Å². The second kappa shape index (κ2) is 10.3. The number of amides is 4. The normalized spacial score (nSPS) is 19.3. The van der Waals surface area contributed by atoms with Crippen molar-refractivity contribution in [2.75, 3.05) is 18.1 Å². The molecule has 2 aromatic carbocycles. The number of ether oxygens (including phenoxy) is 2.